The highest BCUT2D eigenvalue weighted by Gasteiger charge is 1.93. The van der Waals surface area contributed by atoms with E-state index in [-0.39, 0.29) is 0 Å². The van der Waals surface area contributed by atoms with Crippen molar-refractivity contribution in [3.63, 3.8) is 0 Å². The van der Waals surface area contributed by atoms with Gasteiger partial charge < -0.3 is 5.73 Å². The van der Waals surface area contributed by atoms with Gasteiger partial charge in [-0.15, -0.1) is 0 Å². The number of rotatable bonds is 4. The van der Waals surface area contributed by atoms with Gasteiger partial charge in [-0.1, -0.05) is 66.7 Å². The number of hydrogen-bond acceptors (Lipinski definition) is 3. The molecule has 0 aliphatic heterocycles. The van der Waals surface area contributed by atoms with E-state index >= 15 is 0 Å². The lowest BCUT2D eigenvalue weighted by Gasteiger charge is -2.01. The van der Waals surface area contributed by atoms with E-state index in [1.54, 1.807) is 12.3 Å². The molecular weight excluding hydrogens is 288 g/mol. The van der Waals surface area contributed by atoms with Crippen molar-refractivity contribution in [2.75, 3.05) is 5.73 Å². The molecule has 3 rings (SSSR count). The Morgan fingerprint density at radius 1 is 0.682 bits per heavy atom. The molecule has 0 spiro atoms. The summed E-state index contributed by atoms with van der Waals surface area (Å²) in [5.74, 6) is 2.76. The molecule has 0 bridgehead atoms. The van der Waals surface area contributed by atoms with Crippen molar-refractivity contribution in [1.82, 2.24) is 4.98 Å². The van der Waals surface area contributed by atoms with E-state index in [1.165, 1.54) is 11.1 Å². The third-order valence-corrected chi connectivity index (χ3v) is 3.99. The summed E-state index contributed by atoms with van der Waals surface area (Å²) < 4.78 is 0. The molecule has 22 heavy (non-hydrogen) atoms. The van der Waals surface area contributed by atoms with E-state index in [2.05, 4.69) is 65.6 Å². The second-order valence-electron chi connectivity index (χ2n) is 4.72. The van der Waals surface area contributed by atoms with Gasteiger partial charge in [-0.25, -0.2) is 4.98 Å². The minimum atomic E-state index is 0.572. The van der Waals surface area contributed by atoms with E-state index in [1.807, 2.05) is 23.9 Å². The SMILES string of the molecule is Nc1ccccn1.c1ccc(CSCc2ccccc2)cc1. The predicted molar refractivity (Wildman–Crippen MR) is 96.5 cm³/mol. The van der Waals surface area contributed by atoms with Crippen LogP contribution in [0.15, 0.2) is 85.1 Å². The third kappa shape index (κ3) is 6.46. The highest BCUT2D eigenvalue weighted by Crippen LogP contribution is 2.17. The van der Waals surface area contributed by atoms with E-state index in [0.29, 0.717) is 5.82 Å². The van der Waals surface area contributed by atoms with Gasteiger partial charge in [0.15, 0.2) is 0 Å². The summed E-state index contributed by atoms with van der Waals surface area (Å²) in [5.41, 5.74) is 8.05. The Kier molecular flexibility index (Phi) is 7.06. The number of benzene rings is 2. The Balaban J connectivity index is 0.000000211. The molecule has 0 fully saturated rings. The van der Waals surface area contributed by atoms with Gasteiger partial charge in [0.05, 0.1) is 0 Å². The number of thioether (sulfide) groups is 1. The predicted octanol–water partition coefficient (Wildman–Crippen LogP) is 4.78. The Hall–Kier alpha value is -2.26. The molecule has 2 aromatic carbocycles. The fraction of sp³-hybridized carbons (Fsp3) is 0.105. The maximum Gasteiger partial charge on any atom is 0.123 e. The molecule has 2 nitrogen and oxygen atoms in total. The Morgan fingerprint density at radius 2 is 1.18 bits per heavy atom. The lowest BCUT2D eigenvalue weighted by atomic mass is 10.2. The quantitative estimate of drug-likeness (QED) is 0.753. The smallest absolute Gasteiger partial charge is 0.123 e. The van der Waals surface area contributed by atoms with Crippen LogP contribution in [0.3, 0.4) is 0 Å². The second-order valence-corrected chi connectivity index (χ2v) is 5.70. The monoisotopic (exact) mass is 308 g/mol. The van der Waals surface area contributed by atoms with Crippen LogP contribution in [0, 0.1) is 0 Å². The summed E-state index contributed by atoms with van der Waals surface area (Å²) in [5, 5.41) is 0. The maximum absolute atomic E-state index is 5.25. The van der Waals surface area contributed by atoms with Gasteiger partial charge in [0.1, 0.15) is 5.82 Å². The van der Waals surface area contributed by atoms with Crippen molar-refractivity contribution in [3.05, 3.63) is 96.2 Å². The van der Waals surface area contributed by atoms with Crippen LogP contribution < -0.4 is 5.73 Å². The Bertz CT molecular complexity index is 588. The molecule has 112 valence electrons. The molecule has 3 heteroatoms. The molecule has 0 radical (unpaired) electrons. The van der Waals surface area contributed by atoms with Crippen molar-refractivity contribution >= 4 is 17.6 Å². The zero-order valence-electron chi connectivity index (χ0n) is 12.4. The molecule has 0 atom stereocenters. The summed E-state index contributed by atoms with van der Waals surface area (Å²) in [7, 11) is 0. The highest BCUT2D eigenvalue weighted by atomic mass is 32.2. The van der Waals surface area contributed by atoms with Crippen LogP contribution in [0.1, 0.15) is 11.1 Å². The summed E-state index contributed by atoms with van der Waals surface area (Å²) in [4.78, 5) is 3.76. The number of anilines is 1. The average Bonchev–Trinajstić information content (AvgIpc) is 2.58. The first-order valence-corrected chi connectivity index (χ1v) is 8.32. The highest BCUT2D eigenvalue weighted by molar-refractivity contribution is 7.97. The average molecular weight is 308 g/mol. The van der Waals surface area contributed by atoms with Crippen molar-refractivity contribution in [1.29, 1.82) is 0 Å². The van der Waals surface area contributed by atoms with E-state index < -0.39 is 0 Å². The largest absolute Gasteiger partial charge is 0.384 e. The molecule has 0 aliphatic carbocycles. The number of nitrogens with two attached hydrogens (primary N) is 1. The number of nitrogens with zero attached hydrogens (tertiary/aromatic N) is 1. The molecule has 0 aliphatic rings. The maximum atomic E-state index is 5.25. The molecule has 3 aromatic rings. The summed E-state index contributed by atoms with van der Waals surface area (Å²) in [6.07, 6.45) is 1.66. The lowest BCUT2D eigenvalue weighted by Crippen LogP contribution is -1.85. The number of aromatic nitrogens is 1. The first kappa shape index (κ1) is 16.1. The summed E-state index contributed by atoms with van der Waals surface area (Å²) in [6, 6.07) is 26.6. The van der Waals surface area contributed by atoms with Gasteiger partial charge in [0, 0.05) is 17.7 Å². The van der Waals surface area contributed by atoms with Crippen molar-refractivity contribution in [2.24, 2.45) is 0 Å². The third-order valence-electron chi connectivity index (χ3n) is 2.91. The van der Waals surface area contributed by atoms with Gasteiger partial charge >= 0.3 is 0 Å². The van der Waals surface area contributed by atoms with Crippen LogP contribution in [0.4, 0.5) is 5.82 Å². The van der Waals surface area contributed by atoms with Crippen LogP contribution in [0.25, 0.3) is 0 Å². The number of hydrogen-bond donors (Lipinski definition) is 1. The minimum Gasteiger partial charge on any atom is -0.384 e. The number of pyridine rings is 1. The molecule has 0 unspecified atom stereocenters. The lowest BCUT2D eigenvalue weighted by molar-refractivity contribution is 1.34. The van der Waals surface area contributed by atoms with Gasteiger partial charge in [-0.05, 0) is 23.3 Å². The van der Waals surface area contributed by atoms with E-state index in [4.69, 9.17) is 5.73 Å². The first-order valence-electron chi connectivity index (χ1n) is 7.16. The minimum absolute atomic E-state index is 0.572. The number of nitrogen functional groups attached to an aromatic ring is 1. The zero-order valence-corrected chi connectivity index (χ0v) is 13.2. The Labute approximate surface area is 136 Å². The van der Waals surface area contributed by atoms with Gasteiger partial charge in [0.2, 0.25) is 0 Å². The summed E-state index contributed by atoms with van der Waals surface area (Å²) >= 11 is 1.96. The fourth-order valence-corrected chi connectivity index (χ4v) is 2.77. The van der Waals surface area contributed by atoms with Crippen LogP contribution in [-0.2, 0) is 11.5 Å². The normalized spacial score (nSPS) is 9.64. The van der Waals surface area contributed by atoms with E-state index in [0.717, 1.165) is 11.5 Å². The van der Waals surface area contributed by atoms with Crippen LogP contribution in [-0.4, -0.2) is 4.98 Å². The van der Waals surface area contributed by atoms with Crippen molar-refractivity contribution in [3.8, 4) is 0 Å². The summed E-state index contributed by atoms with van der Waals surface area (Å²) in [6.45, 7) is 0. The molecule has 0 amide bonds. The molecular formula is C19H20N2S. The van der Waals surface area contributed by atoms with Crippen LogP contribution in [0.2, 0.25) is 0 Å². The second kappa shape index (κ2) is 9.64. The Morgan fingerprint density at radius 3 is 1.55 bits per heavy atom. The van der Waals surface area contributed by atoms with Crippen molar-refractivity contribution in [2.45, 2.75) is 11.5 Å². The molecule has 1 aromatic heterocycles. The van der Waals surface area contributed by atoms with Gasteiger partial charge in [0.25, 0.3) is 0 Å². The van der Waals surface area contributed by atoms with Crippen molar-refractivity contribution < 1.29 is 0 Å². The van der Waals surface area contributed by atoms with Crippen LogP contribution in [0.5, 0.6) is 0 Å². The van der Waals surface area contributed by atoms with Gasteiger partial charge in [-0.2, -0.15) is 11.8 Å². The fourth-order valence-electron chi connectivity index (χ4n) is 1.81. The van der Waals surface area contributed by atoms with Gasteiger partial charge in [-0.3, -0.25) is 0 Å². The molecule has 2 N–H and O–H groups in total. The van der Waals surface area contributed by atoms with Crippen LogP contribution >= 0.6 is 11.8 Å². The first-order chi connectivity index (χ1) is 10.8. The molecule has 0 saturated carbocycles. The standard InChI is InChI=1S/C14H14S.C5H6N2/c1-3-7-13(8-4-1)11-15-12-14-9-5-2-6-10-14;6-5-3-1-2-4-7-5/h1-10H,11-12H2;1-4H,(H2,6,7). The zero-order chi connectivity index (χ0) is 15.5. The molecule has 1 heterocycles. The van der Waals surface area contributed by atoms with E-state index in [9.17, 15) is 0 Å². The topological polar surface area (TPSA) is 38.9 Å². The molecule has 0 saturated heterocycles.